The molecule has 1 amide bonds. The third-order valence-electron chi connectivity index (χ3n) is 4.48. The van der Waals surface area contributed by atoms with E-state index in [4.69, 9.17) is 4.74 Å². The molecule has 1 aromatic heterocycles. The van der Waals surface area contributed by atoms with E-state index < -0.39 is 17.8 Å². The monoisotopic (exact) mass is 549 g/mol. The van der Waals surface area contributed by atoms with E-state index in [1.807, 2.05) is 39.6 Å². The standard InChI is InChI=1S/C22H39N5O3.HI/c1-8-24-20(25-15-19(28)17-9-12-23-13-10-17)27(7)14-11-18(16(2)3)26-21(29)30-22(4,5)6;/h9-10,12-13,16,18-19,28H,8,11,14-15H2,1-7H3,(H,24,25)(H,26,29);1H. The molecule has 0 aliphatic heterocycles. The van der Waals surface area contributed by atoms with E-state index in [1.54, 1.807) is 24.5 Å². The smallest absolute Gasteiger partial charge is 0.407 e. The molecule has 0 spiro atoms. The van der Waals surface area contributed by atoms with Crippen LogP contribution in [0.25, 0.3) is 0 Å². The number of ether oxygens (including phenoxy) is 1. The van der Waals surface area contributed by atoms with Gasteiger partial charge in [-0.25, -0.2) is 4.79 Å². The van der Waals surface area contributed by atoms with Crippen molar-refractivity contribution < 1.29 is 14.6 Å². The van der Waals surface area contributed by atoms with E-state index in [-0.39, 0.29) is 42.5 Å². The Kier molecular flexibility index (Phi) is 13.7. The van der Waals surface area contributed by atoms with Gasteiger partial charge in [0.2, 0.25) is 0 Å². The minimum absolute atomic E-state index is 0. The zero-order valence-corrected chi connectivity index (χ0v) is 22.2. The summed E-state index contributed by atoms with van der Waals surface area (Å²) in [6, 6.07) is 3.55. The highest BCUT2D eigenvalue weighted by molar-refractivity contribution is 14.0. The molecule has 2 unspecified atom stereocenters. The normalized spacial score (nSPS) is 13.8. The number of carbonyl (C=O) groups excluding carboxylic acids is 1. The van der Waals surface area contributed by atoms with Crippen LogP contribution >= 0.6 is 24.0 Å². The Morgan fingerprint density at radius 2 is 1.90 bits per heavy atom. The van der Waals surface area contributed by atoms with Gasteiger partial charge in [0.15, 0.2) is 5.96 Å². The van der Waals surface area contributed by atoms with Gasteiger partial charge < -0.3 is 25.4 Å². The number of hydrogen-bond donors (Lipinski definition) is 3. The summed E-state index contributed by atoms with van der Waals surface area (Å²) >= 11 is 0. The van der Waals surface area contributed by atoms with E-state index in [1.165, 1.54) is 0 Å². The lowest BCUT2D eigenvalue weighted by Gasteiger charge is -2.28. The largest absolute Gasteiger partial charge is 0.444 e. The number of carbonyl (C=O) groups is 1. The highest BCUT2D eigenvalue weighted by Crippen LogP contribution is 2.13. The minimum atomic E-state index is -0.688. The van der Waals surface area contributed by atoms with E-state index >= 15 is 0 Å². The van der Waals surface area contributed by atoms with Gasteiger partial charge in [0.05, 0.1) is 12.6 Å². The van der Waals surface area contributed by atoms with Crippen molar-refractivity contribution in [1.29, 1.82) is 0 Å². The number of aromatic nitrogens is 1. The van der Waals surface area contributed by atoms with Gasteiger partial charge in [-0.15, -0.1) is 24.0 Å². The van der Waals surface area contributed by atoms with E-state index in [0.717, 1.165) is 18.5 Å². The maximum atomic E-state index is 12.2. The second-order valence-corrected chi connectivity index (χ2v) is 8.70. The molecule has 178 valence electrons. The molecule has 0 saturated carbocycles. The van der Waals surface area contributed by atoms with Crippen LogP contribution in [0.3, 0.4) is 0 Å². The molecule has 0 bridgehead atoms. The fourth-order valence-electron chi connectivity index (χ4n) is 2.80. The maximum Gasteiger partial charge on any atom is 0.407 e. The summed E-state index contributed by atoms with van der Waals surface area (Å²) in [6.45, 7) is 13.4. The van der Waals surface area contributed by atoms with Crippen molar-refractivity contribution in [3.8, 4) is 0 Å². The molecule has 1 aromatic rings. The first-order valence-corrected chi connectivity index (χ1v) is 10.6. The molecule has 1 heterocycles. The molecule has 1 rings (SSSR count). The zero-order chi connectivity index (χ0) is 22.7. The topological polar surface area (TPSA) is 99.1 Å². The molecule has 31 heavy (non-hydrogen) atoms. The van der Waals surface area contributed by atoms with Crippen LogP contribution in [0.15, 0.2) is 29.5 Å². The summed E-state index contributed by atoms with van der Waals surface area (Å²) in [5.41, 5.74) is 0.261. The zero-order valence-electron chi connectivity index (χ0n) is 19.9. The number of nitrogens with zero attached hydrogens (tertiary/aromatic N) is 3. The molecule has 3 N–H and O–H groups in total. The Hall–Kier alpha value is -1.62. The Morgan fingerprint density at radius 3 is 2.42 bits per heavy atom. The Morgan fingerprint density at radius 1 is 1.29 bits per heavy atom. The number of aliphatic hydroxyl groups is 1. The van der Waals surface area contributed by atoms with E-state index in [9.17, 15) is 9.90 Å². The summed E-state index contributed by atoms with van der Waals surface area (Å²) in [4.78, 5) is 22.7. The van der Waals surface area contributed by atoms with Gasteiger partial charge in [-0.1, -0.05) is 13.8 Å². The average molecular weight is 549 g/mol. The Bertz CT molecular complexity index is 665. The van der Waals surface area contributed by atoms with Crippen molar-refractivity contribution in [2.24, 2.45) is 10.9 Å². The summed E-state index contributed by atoms with van der Waals surface area (Å²) in [5.74, 6) is 0.976. The quantitative estimate of drug-likeness (QED) is 0.248. The van der Waals surface area contributed by atoms with Crippen molar-refractivity contribution in [3.63, 3.8) is 0 Å². The van der Waals surface area contributed by atoms with Crippen LogP contribution < -0.4 is 10.6 Å². The second-order valence-electron chi connectivity index (χ2n) is 8.70. The number of rotatable bonds is 9. The minimum Gasteiger partial charge on any atom is -0.444 e. The van der Waals surface area contributed by atoms with Crippen LogP contribution in [0.5, 0.6) is 0 Å². The highest BCUT2D eigenvalue weighted by Gasteiger charge is 2.22. The van der Waals surface area contributed by atoms with Crippen molar-refractivity contribution >= 4 is 36.0 Å². The molecule has 0 aliphatic carbocycles. The maximum absolute atomic E-state index is 12.2. The highest BCUT2D eigenvalue weighted by atomic mass is 127. The number of halogens is 1. The van der Waals surface area contributed by atoms with Gasteiger partial charge in [-0.05, 0) is 57.7 Å². The van der Waals surface area contributed by atoms with Crippen molar-refractivity contribution in [2.75, 3.05) is 26.7 Å². The molecular weight excluding hydrogens is 509 g/mol. The summed E-state index contributed by atoms with van der Waals surface area (Å²) < 4.78 is 5.39. The number of alkyl carbamates (subject to hydrolysis) is 1. The predicted octanol–water partition coefficient (Wildman–Crippen LogP) is 3.57. The van der Waals surface area contributed by atoms with Gasteiger partial charge in [0, 0.05) is 38.6 Å². The fourth-order valence-corrected chi connectivity index (χ4v) is 2.80. The van der Waals surface area contributed by atoms with E-state index in [0.29, 0.717) is 12.5 Å². The van der Waals surface area contributed by atoms with Crippen molar-refractivity contribution in [2.45, 2.75) is 65.7 Å². The summed E-state index contributed by atoms with van der Waals surface area (Å²) in [6.07, 6.45) is 2.97. The lowest BCUT2D eigenvalue weighted by molar-refractivity contribution is 0.0485. The summed E-state index contributed by atoms with van der Waals surface area (Å²) in [7, 11) is 1.95. The number of pyridine rings is 1. The van der Waals surface area contributed by atoms with Gasteiger partial charge >= 0.3 is 6.09 Å². The number of guanidine groups is 1. The number of hydrogen-bond acceptors (Lipinski definition) is 5. The molecule has 0 radical (unpaired) electrons. The molecule has 2 atom stereocenters. The third kappa shape index (κ3) is 12.1. The Labute approximate surface area is 204 Å². The van der Waals surface area contributed by atoms with Crippen LogP contribution in [-0.2, 0) is 4.74 Å². The lowest BCUT2D eigenvalue weighted by Crippen LogP contribution is -2.45. The number of amides is 1. The molecular formula is C22H40IN5O3. The SMILES string of the molecule is CCNC(=NCC(O)c1ccncc1)N(C)CCC(NC(=O)OC(C)(C)C)C(C)C.I. The summed E-state index contributed by atoms with van der Waals surface area (Å²) in [5, 5.41) is 16.6. The van der Waals surface area contributed by atoms with Crippen molar-refractivity contribution in [1.82, 2.24) is 20.5 Å². The number of aliphatic imine (C=N–C) groups is 1. The van der Waals surface area contributed by atoms with Gasteiger partial charge in [0.1, 0.15) is 5.60 Å². The number of aliphatic hydroxyl groups excluding tert-OH is 1. The molecule has 0 fully saturated rings. The van der Waals surface area contributed by atoms with E-state index in [2.05, 4.69) is 34.5 Å². The van der Waals surface area contributed by atoms with Gasteiger partial charge in [0.25, 0.3) is 0 Å². The van der Waals surface area contributed by atoms with Gasteiger partial charge in [-0.3, -0.25) is 9.98 Å². The van der Waals surface area contributed by atoms with Crippen LogP contribution in [0, 0.1) is 5.92 Å². The average Bonchev–Trinajstić information content (AvgIpc) is 2.66. The first kappa shape index (κ1) is 29.4. The van der Waals surface area contributed by atoms with Crippen LogP contribution in [0.4, 0.5) is 4.79 Å². The predicted molar refractivity (Wildman–Crippen MR) is 136 cm³/mol. The first-order valence-electron chi connectivity index (χ1n) is 10.6. The third-order valence-corrected chi connectivity index (χ3v) is 4.48. The molecule has 8 nitrogen and oxygen atoms in total. The lowest BCUT2D eigenvalue weighted by atomic mass is 10.0. The molecule has 0 aromatic carbocycles. The first-order chi connectivity index (χ1) is 14.0. The second kappa shape index (κ2) is 14.4. The van der Waals surface area contributed by atoms with Crippen molar-refractivity contribution in [3.05, 3.63) is 30.1 Å². The van der Waals surface area contributed by atoms with Crippen LogP contribution in [0.2, 0.25) is 0 Å². The van der Waals surface area contributed by atoms with Gasteiger partial charge in [-0.2, -0.15) is 0 Å². The van der Waals surface area contributed by atoms with Crippen LogP contribution in [-0.4, -0.2) is 65.4 Å². The fraction of sp³-hybridized carbons (Fsp3) is 0.682. The molecule has 0 saturated heterocycles. The molecule has 9 heteroatoms. The number of nitrogens with one attached hydrogen (secondary N) is 2. The molecule has 0 aliphatic rings. The van der Waals surface area contributed by atoms with Crippen LogP contribution in [0.1, 0.15) is 59.6 Å². The Balaban J connectivity index is 0.00000900.